The van der Waals surface area contributed by atoms with E-state index in [4.69, 9.17) is 4.74 Å². The Kier molecular flexibility index (Phi) is 7.60. The van der Waals surface area contributed by atoms with Gasteiger partial charge < -0.3 is 14.7 Å². The quantitative estimate of drug-likeness (QED) is 0.362. The van der Waals surface area contributed by atoms with Crippen LogP contribution in [0.1, 0.15) is 91.4 Å². The Bertz CT molecular complexity index is 834. The number of ether oxygens (including phenoxy) is 1. The van der Waals surface area contributed by atoms with Gasteiger partial charge in [-0.2, -0.15) is 0 Å². The molecule has 1 N–H and O–H groups in total. The van der Waals surface area contributed by atoms with Crippen molar-refractivity contribution in [2.75, 3.05) is 6.54 Å². The largest absolute Gasteiger partial charge is 0.429 e. The number of aliphatic hydroxyl groups is 1. The fourth-order valence-electron chi connectivity index (χ4n) is 6.17. The minimum Gasteiger partial charge on any atom is -0.429 e. The van der Waals surface area contributed by atoms with E-state index in [1.807, 2.05) is 0 Å². The van der Waals surface area contributed by atoms with Crippen LogP contribution in [0.3, 0.4) is 0 Å². The molecule has 1 fully saturated rings. The van der Waals surface area contributed by atoms with E-state index in [2.05, 4.69) is 37.0 Å². The predicted octanol–water partition coefficient (Wildman–Crippen LogP) is 6.19. The zero-order valence-corrected chi connectivity index (χ0v) is 20.2. The molecule has 1 unspecified atom stereocenters. The summed E-state index contributed by atoms with van der Waals surface area (Å²) >= 11 is 0. The molecule has 4 atom stereocenters. The molecule has 0 aromatic rings. The van der Waals surface area contributed by atoms with Crippen LogP contribution in [-0.4, -0.2) is 34.7 Å². The van der Waals surface area contributed by atoms with E-state index >= 15 is 0 Å². The van der Waals surface area contributed by atoms with Gasteiger partial charge in [0.15, 0.2) is 0 Å². The number of unbranched alkanes of at least 4 members (excludes halogenated alkanes) is 4. The molecule has 0 aromatic heterocycles. The van der Waals surface area contributed by atoms with Crippen LogP contribution in [0.25, 0.3) is 0 Å². The number of rotatable bonds is 8. The van der Waals surface area contributed by atoms with Crippen LogP contribution in [0.2, 0.25) is 0 Å². The Hall–Kier alpha value is -1.81. The number of hydrogen-bond acceptors (Lipinski definition) is 4. The van der Waals surface area contributed by atoms with Gasteiger partial charge in [-0.1, -0.05) is 70.6 Å². The van der Waals surface area contributed by atoms with Crippen LogP contribution >= 0.6 is 0 Å². The normalized spacial score (nSPS) is 28.1. The van der Waals surface area contributed by atoms with E-state index < -0.39 is 6.10 Å². The zero-order valence-electron chi connectivity index (χ0n) is 20.2. The van der Waals surface area contributed by atoms with Crippen molar-refractivity contribution in [3.05, 3.63) is 46.4 Å². The molecule has 2 aliphatic carbocycles. The molecule has 0 aromatic carbocycles. The molecule has 0 radical (unpaired) electrons. The van der Waals surface area contributed by atoms with Gasteiger partial charge in [0.05, 0.1) is 17.8 Å². The van der Waals surface area contributed by atoms with Crippen LogP contribution < -0.4 is 0 Å². The van der Waals surface area contributed by atoms with Crippen LogP contribution in [0.15, 0.2) is 46.4 Å². The Morgan fingerprint density at radius 1 is 1.22 bits per heavy atom. The zero-order chi connectivity index (χ0) is 22.7. The molecule has 4 heteroatoms. The first kappa shape index (κ1) is 23.4. The summed E-state index contributed by atoms with van der Waals surface area (Å²) in [6, 6.07) is 0.334. The summed E-state index contributed by atoms with van der Waals surface area (Å²) in [6.07, 6.45) is 19.6. The maximum atomic E-state index is 11.9. The molecule has 4 aliphatic rings. The van der Waals surface area contributed by atoms with E-state index in [0.717, 1.165) is 18.5 Å². The van der Waals surface area contributed by atoms with E-state index in [0.29, 0.717) is 30.7 Å². The Balaban J connectivity index is 1.65. The summed E-state index contributed by atoms with van der Waals surface area (Å²) in [5.74, 6) is 1.06. The van der Waals surface area contributed by atoms with Crippen LogP contribution in [-0.2, 0) is 9.53 Å². The van der Waals surface area contributed by atoms with Gasteiger partial charge in [0.1, 0.15) is 5.76 Å². The first-order chi connectivity index (χ1) is 15.5. The van der Waals surface area contributed by atoms with Crippen LogP contribution in [0.5, 0.6) is 0 Å². The molecule has 0 spiro atoms. The number of fused-ring (bicyclic) bond motifs is 5. The smallest absolute Gasteiger partial charge is 0.307 e. The summed E-state index contributed by atoms with van der Waals surface area (Å²) in [5.41, 5.74) is 5.50. The van der Waals surface area contributed by atoms with E-state index in [1.54, 1.807) is 5.57 Å². The molecular formula is C28H41NO3. The lowest BCUT2D eigenvalue weighted by Gasteiger charge is -2.50. The third-order valence-corrected chi connectivity index (χ3v) is 7.77. The Morgan fingerprint density at radius 2 is 2.03 bits per heavy atom. The van der Waals surface area contributed by atoms with Crippen molar-refractivity contribution in [1.29, 1.82) is 0 Å². The highest BCUT2D eigenvalue weighted by Gasteiger charge is 2.43. The first-order valence-electron chi connectivity index (χ1n) is 13.0. The van der Waals surface area contributed by atoms with Gasteiger partial charge in [-0.15, -0.1) is 0 Å². The number of carbonyl (C=O) groups excluding carboxylic acids is 1. The molecule has 0 bridgehead atoms. The maximum absolute atomic E-state index is 11.9. The SMILES string of the molecule is CCCCCCC[C@@H](C)C1=CC2C(=C3CCCC[C@@H]3N3C[C@H](O)CC(OC(C)=O)=C23)C=C1. The third kappa shape index (κ3) is 4.90. The minimum atomic E-state index is -0.484. The third-order valence-electron chi connectivity index (χ3n) is 7.77. The van der Waals surface area contributed by atoms with Gasteiger partial charge in [0, 0.05) is 25.8 Å². The van der Waals surface area contributed by atoms with E-state index in [-0.39, 0.29) is 11.9 Å². The lowest BCUT2D eigenvalue weighted by molar-refractivity contribution is -0.138. The molecule has 4 nitrogen and oxygen atoms in total. The molecule has 4 rings (SSSR count). The highest BCUT2D eigenvalue weighted by atomic mass is 16.5. The highest BCUT2D eigenvalue weighted by molar-refractivity contribution is 5.67. The summed E-state index contributed by atoms with van der Waals surface area (Å²) < 4.78 is 5.72. The number of aliphatic hydroxyl groups excluding tert-OH is 1. The van der Waals surface area contributed by atoms with Gasteiger partial charge in [-0.3, -0.25) is 4.79 Å². The van der Waals surface area contributed by atoms with Gasteiger partial charge in [-0.05, 0) is 48.3 Å². The molecule has 2 aliphatic heterocycles. The molecule has 1 saturated carbocycles. The second-order valence-corrected chi connectivity index (χ2v) is 10.2. The van der Waals surface area contributed by atoms with Gasteiger partial charge >= 0.3 is 5.97 Å². The van der Waals surface area contributed by atoms with Crippen molar-refractivity contribution in [3.8, 4) is 0 Å². The summed E-state index contributed by atoms with van der Waals surface area (Å²) in [5, 5.41) is 10.6. The van der Waals surface area contributed by atoms with Crippen molar-refractivity contribution in [1.82, 2.24) is 4.90 Å². The summed E-state index contributed by atoms with van der Waals surface area (Å²) in [6.45, 7) is 6.72. The van der Waals surface area contributed by atoms with E-state index in [1.165, 1.54) is 69.4 Å². The highest BCUT2D eigenvalue weighted by Crippen LogP contribution is 2.48. The Labute approximate surface area is 194 Å². The van der Waals surface area contributed by atoms with Crippen molar-refractivity contribution in [2.24, 2.45) is 11.8 Å². The lowest BCUT2D eigenvalue weighted by atomic mass is 9.72. The van der Waals surface area contributed by atoms with Crippen molar-refractivity contribution < 1.29 is 14.6 Å². The van der Waals surface area contributed by atoms with Gasteiger partial charge in [0.25, 0.3) is 0 Å². The Morgan fingerprint density at radius 3 is 2.81 bits per heavy atom. The van der Waals surface area contributed by atoms with Crippen LogP contribution in [0.4, 0.5) is 0 Å². The van der Waals surface area contributed by atoms with Gasteiger partial charge in [0.2, 0.25) is 0 Å². The van der Waals surface area contributed by atoms with Crippen molar-refractivity contribution >= 4 is 5.97 Å². The fourth-order valence-corrected chi connectivity index (χ4v) is 6.17. The molecule has 2 heterocycles. The molecular weight excluding hydrogens is 398 g/mol. The summed E-state index contributed by atoms with van der Waals surface area (Å²) in [7, 11) is 0. The number of carbonyl (C=O) groups is 1. The monoisotopic (exact) mass is 439 g/mol. The number of hydrogen-bond donors (Lipinski definition) is 1. The number of nitrogens with zero attached hydrogens (tertiary/aromatic N) is 1. The van der Waals surface area contributed by atoms with E-state index in [9.17, 15) is 9.90 Å². The summed E-state index contributed by atoms with van der Waals surface area (Å²) in [4.78, 5) is 14.3. The maximum Gasteiger partial charge on any atom is 0.307 e. The van der Waals surface area contributed by atoms with Crippen molar-refractivity contribution in [3.63, 3.8) is 0 Å². The van der Waals surface area contributed by atoms with Crippen LogP contribution in [0, 0.1) is 11.8 Å². The topological polar surface area (TPSA) is 49.8 Å². The van der Waals surface area contributed by atoms with Crippen molar-refractivity contribution in [2.45, 2.75) is 104 Å². The second-order valence-electron chi connectivity index (χ2n) is 10.2. The molecule has 176 valence electrons. The second kappa shape index (κ2) is 10.4. The standard InChI is InChI=1S/C28H41NO3/c1-4-5-6-7-8-11-19(2)21-14-15-23-24-12-9-10-13-26(24)29-18-22(31)17-27(32-20(3)30)28(29)25(23)16-21/h14-16,19,22,25-26,31H,4-13,17-18H2,1-3H3/t19-,22-,25?,26+/m1/s1. The number of allylic oxidation sites excluding steroid dienone is 4. The molecule has 0 saturated heterocycles. The van der Waals surface area contributed by atoms with Gasteiger partial charge in [-0.25, -0.2) is 0 Å². The average molecular weight is 440 g/mol. The average Bonchev–Trinajstić information content (AvgIpc) is 2.78. The number of esters is 1. The first-order valence-corrected chi connectivity index (χ1v) is 13.0. The molecule has 0 amide bonds. The lowest BCUT2D eigenvalue weighted by Crippen LogP contribution is -2.50. The molecule has 32 heavy (non-hydrogen) atoms. The predicted molar refractivity (Wildman–Crippen MR) is 129 cm³/mol. The minimum absolute atomic E-state index is 0.142. The fraction of sp³-hybridized carbons (Fsp3) is 0.679.